The molecule has 0 radical (unpaired) electrons. The molecule has 0 bridgehead atoms. The molecular weight excluding hydrogens is 229 g/mol. The number of carbonyl (C=O) groups is 1. The fourth-order valence-corrected chi connectivity index (χ4v) is 1.20. The number of H-pyrrole nitrogens is 1. The third-order valence-electron chi connectivity index (χ3n) is 1.91. The van der Waals surface area contributed by atoms with E-state index < -0.39 is 11.7 Å². The van der Waals surface area contributed by atoms with Crippen molar-refractivity contribution in [2.24, 2.45) is 0 Å². The Morgan fingerprint density at radius 3 is 2.94 bits per heavy atom. The highest BCUT2D eigenvalue weighted by atomic mass is 19.1. The molecule has 2 aromatic rings. The number of anilines is 1. The average molecular weight is 237 g/mol. The molecule has 0 aliphatic heterocycles. The summed E-state index contributed by atoms with van der Waals surface area (Å²) in [6, 6.07) is 3.82. The number of tetrazole rings is 1. The first-order valence-corrected chi connectivity index (χ1v) is 4.58. The molecule has 1 amide bonds. The van der Waals surface area contributed by atoms with Crippen LogP contribution in [-0.4, -0.2) is 33.6 Å². The van der Waals surface area contributed by atoms with Crippen molar-refractivity contribution in [3.05, 3.63) is 29.8 Å². The molecule has 0 spiro atoms. The van der Waals surface area contributed by atoms with Crippen LogP contribution in [0.3, 0.4) is 0 Å². The standard InChI is InChI=1S/C9H8FN5O2/c1-17-7-3-5(10)2-6(4-7)11-9(16)8-12-14-15-13-8/h2-4H,1H3,(H,11,16)(H,12,13,14,15). The number of nitrogens with one attached hydrogen (secondary N) is 2. The molecule has 7 nitrogen and oxygen atoms in total. The van der Waals surface area contributed by atoms with Crippen molar-refractivity contribution in [1.82, 2.24) is 20.6 Å². The number of halogens is 1. The number of nitrogens with zero attached hydrogens (tertiary/aromatic N) is 3. The Morgan fingerprint density at radius 2 is 2.29 bits per heavy atom. The number of rotatable bonds is 3. The van der Waals surface area contributed by atoms with Gasteiger partial charge >= 0.3 is 0 Å². The van der Waals surface area contributed by atoms with Gasteiger partial charge in [0.1, 0.15) is 11.6 Å². The smallest absolute Gasteiger partial charge is 0.297 e. The monoisotopic (exact) mass is 237 g/mol. The predicted molar refractivity (Wildman–Crippen MR) is 55.1 cm³/mol. The van der Waals surface area contributed by atoms with Crippen molar-refractivity contribution < 1.29 is 13.9 Å². The van der Waals surface area contributed by atoms with E-state index in [1.54, 1.807) is 0 Å². The molecule has 17 heavy (non-hydrogen) atoms. The van der Waals surface area contributed by atoms with Crippen molar-refractivity contribution in [2.45, 2.75) is 0 Å². The number of amides is 1. The quantitative estimate of drug-likeness (QED) is 0.815. The molecule has 8 heteroatoms. The van der Waals surface area contributed by atoms with Crippen LogP contribution in [0.25, 0.3) is 0 Å². The second kappa shape index (κ2) is 4.56. The number of carbonyl (C=O) groups excluding carboxylic acids is 1. The van der Waals surface area contributed by atoms with E-state index in [1.165, 1.54) is 19.2 Å². The summed E-state index contributed by atoms with van der Waals surface area (Å²) in [5.74, 6) is -0.944. The molecule has 88 valence electrons. The van der Waals surface area contributed by atoms with Crippen LogP contribution in [0.4, 0.5) is 10.1 Å². The highest BCUT2D eigenvalue weighted by Crippen LogP contribution is 2.19. The fourth-order valence-electron chi connectivity index (χ4n) is 1.20. The molecule has 1 aromatic heterocycles. The second-order valence-corrected chi connectivity index (χ2v) is 3.07. The van der Waals surface area contributed by atoms with E-state index in [0.717, 1.165) is 6.07 Å². The lowest BCUT2D eigenvalue weighted by Gasteiger charge is -2.05. The molecule has 0 atom stereocenters. The van der Waals surface area contributed by atoms with Crippen molar-refractivity contribution >= 4 is 11.6 Å². The van der Waals surface area contributed by atoms with E-state index in [9.17, 15) is 9.18 Å². The van der Waals surface area contributed by atoms with Crippen LogP contribution in [0.15, 0.2) is 18.2 Å². The van der Waals surface area contributed by atoms with Gasteiger partial charge in [-0.3, -0.25) is 4.79 Å². The lowest BCUT2D eigenvalue weighted by Crippen LogP contribution is -2.14. The summed E-state index contributed by atoms with van der Waals surface area (Å²) < 4.78 is 18.0. The number of aromatic amines is 1. The minimum Gasteiger partial charge on any atom is -0.497 e. The summed E-state index contributed by atoms with van der Waals surface area (Å²) in [4.78, 5) is 11.5. The number of hydrogen-bond acceptors (Lipinski definition) is 5. The number of benzene rings is 1. The van der Waals surface area contributed by atoms with Gasteiger partial charge in [-0.1, -0.05) is 0 Å². The Labute approximate surface area is 95.0 Å². The maximum Gasteiger partial charge on any atom is 0.297 e. The first-order valence-electron chi connectivity index (χ1n) is 4.58. The average Bonchev–Trinajstić information content (AvgIpc) is 2.81. The van der Waals surface area contributed by atoms with Crippen LogP contribution in [0, 0.1) is 5.82 Å². The minimum absolute atomic E-state index is 0.131. The highest BCUT2D eigenvalue weighted by molar-refractivity contribution is 6.01. The molecule has 0 unspecified atom stereocenters. The lowest BCUT2D eigenvalue weighted by atomic mass is 10.3. The van der Waals surface area contributed by atoms with E-state index in [0.29, 0.717) is 5.75 Å². The number of aromatic nitrogens is 4. The largest absolute Gasteiger partial charge is 0.497 e. The van der Waals surface area contributed by atoms with Gasteiger partial charge in [0.15, 0.2) is 0 Å². The van der Waals surface area contributed by atoms with Gasteiger partial charge in [-0.15, -0.1) is 10.2 Å². The van der Waals surface area contributed by atoms with Crippen molar-refractivity contribution in [1.29, 1.82) is 0 Å². The zero-order valence-electron chi connectivity index (χ0n) is 8.77. The van der Waals surface area contributed by atoms with E-state index in [2.05, 4.69) is 25.9 Å². The molecule has 0 aliphatic carbocycles. The van der Waals surface area contributed by atoms with Crippen LogP contribution in [0.2, 0.25) is 0 Å². The van der Waals surface area contributed by atoms with Gasteiger partial charge in [-0.2, -0.15) is 5.21 Å². The Kier molecular flexibility index (Phi) is 2.95. The summed E-state index contributed by atoms with van der Waals surface area (Å²) in [6.07, 6.45) is 0. The van der Waals surface area contributed by atoms with E-state index in [1.807, 2.05) is 0 Å². The maximum absolute atomic E-state index is 13.1. The number of methoxy groups -OCH3 is 1. The summed E-state index contributed by atoms with van der Waals surface area (Å²) in [5, 5.41) is 14.8. The topological polar surface area (TPSA) is 92.8 Å². The van der Waals surface area contributed by atoms with Gasteiger partial charge in [0.05, 0.1) is 7.11 Å². The summed E-state index contributed by atoms with van der Waals surface area (Å²) >= 11 is 0. The molecule has 1 heterocycles. The van der Waals surface area contributed by atoms with Crippen molar-refractivity contribution in [3.8, 4) is 5.75 Å². The summed E-state index contributed by atoms with van der Waals surface area (Å²) in [6.45, 7) is 0. The van der Waals surface area contributed by atoms with Gasteiger partial charge in [0, 0.05) is 17.8 Å². The third kappa shape index (κ3) is 2.54. The molecular formula is C9H8FN5O2. The highest BCUT2D eigenvalue weighted by Gasteiger charge is 2.11. The first-order chi connectivity index (χ1) is 8.19. The first kappa shape index (κ1) is 11.0. The molecule has 0 saturated heterocycles. The van der Waals surface area contributed by atoms with Crippen LogP contribution in [0.1, 0.15) is 10.6 Å². The molecule has 1 aromatic carbocycles. The van der Waals surface area contributed by atoms with Crippen LogP contribution in [0.5, 0.6) is 5.75 Å². The zero-order valence-corrected chi connectivity index (χ0v) is 8.77. The minimum atomic E-state index is -0.591. The summed E-state index contributed by atoms with van der Waals surface area (Å²) in [5.41, 5.74) is 0.247. The van der Waals surface area contributed by atoms with Crippen LogP contribution in [-0.2, 0) is 0 Å². The van der Waals surface area contributed by atoms with E-state index in [4.69, 9.17) is 4.74 Å². The molecule has 0 fully saturated rings. The number of hydrogen-bond donors (Lipinski definition) is 2. The van der Waals surface area contributed by atoms with Gasteiger partial charge in [0.25, 0.3) is 11.7 Å². The Morgan fingerprint density at radius 1 is 1.47 bits per heavy atom. The zero-order chi connectivity index (χ0) is 12.3. The second-order valence-electron chi connectivity index (χ2n) is 3.07. The van der Waals surface area contributed by atoms with Crippen LogP contribution < -0.4 is 10.1 Å². The fraction of sp³-hybridized carbons (Fsp3) is 0.111. The Balaban J connectivity index is 2.18. The Bertz CT molecular complexity index is 528. The van der Waals surface area contributed by atoms with Gasteiger partial charge < -0.3 is 10.1 Å². The lowest BCUT2D eigenvalue weighted by molar-refractivity contribution is 0.101. The Hall–Kier alpha value is -2.51. The third-order valence-corrected chi connectivity index (χ3v) is 1.91. The molecule has 0 aliphatic rings. The normalized spacial score (nSPS) is 10.0. The SMILES string of the molecule is COc1cc(F)cc(NC(=O)c2nn[nH]n2)c1. The molecule has 2 N–H and O–H groups in total. The van der Waals surface area contributed by atoms with Gasteiger partial charge in [0.2, 0.25) is 0 Å². The molecule has 0 saturated carbocycles. The molecule has 2 rings (SSSR count). The van der Waals surface area contributed by atoms with Gasteiger partial charge in [-0.05, 0) is 11.3 Å². The van der Waals surface area contributed by atoms with Gasteiger partial charge in [-0.25, -0.2) is 4.39 Å². The van der Waals surface area contributed by atoms with E-state index in [-0.39, 0.29) is 11.5 Å². The predicted octanol–water partition coefficient (Wildman–Crippen LogP) is 0.600. The maximum atomic E-state index is 13.1. The number of ether oxygens (including phenoxy) is 1. The summed E-state index contributed by atoms with van der Waals surface area (Å²) in [7, 11) is 1.40. The van der Waals surface area contributed by atoms with E-state index >= 15 is 0 Å². The van der Waals surface area contributed by atoms with Crippen LogP contribution >= 0.6 is 0 Å². The van der Waals surface area contributed by atoms with Crippen molar-refractivity contribution in [2.75, 3.05) is 12.4 Å². The van der Waals surface area contributed by atoms with Crippen molar-refractivity contribution in [3.63, 3.8) is 0 Å².